The van der Waals surface area contributed by atoms with Crippen LogP contribution in [-0.4, -0.2) is 38.7 Å². The SMILES string of the molecule is CC1CCN(Cc2csc(NC(=O)c3ccc(-n4cccn4)cc3)n2)CC1. The molecule has 0 radical (unpaired) electrons. The Hall–Kier alpha value is -2.51. The van der Waals surface area contributed by atoms with Crippen LogP contribution in [0, 0.1) is 5.92 Å². The molecule has 0 saturated carbocycles. The zero-order chi connectivity index (χ0) is 18.6. The van der Waals surface area contributed by atoms with Crippen LogP contribution in [0.4, 0.5) is 5.13 Å². The fraction of sp³-hybridized carbons (Fsp3) is 0.350. The van der Waals surface area contributed by atoms with Gasteiger partial charge in [-0.1, -0.05) is 6.92 Å². The van der Waals surface area contributed by atoms with Gasteiger partial charge in [0.1, 0.15) is 0 Å². The number of likely N-dealkylation sites (tertiary alicyclic amines) is 1. The molecule has 140 valence electrons. The lowest BCUT2D eigenvalue weighted by Crippen LogP contribution is -2.32. The highest BCUT2D eigenvalue weighted by Gasteiger charge is 2.17. The summed E-state index contributed by atoms with van der Waals surface area (Å²) in [5.41, 5.74) is 2.55. The minimum atomic E-state index is -0.144. The first-order valence-electron chi connectivity index (χ1n) is 9.25. The molecule has 0 unspecified atom stereocenters. The summed E-state index contributed by atoms with van der Waals surface area (Å²) in [5.74, 6) is 0.681. The van der Waals surface area contributed by atoms with Gasteiger partial charge in [-0.3, -0.25) is 15.0 Å². The van der Waals surface area contributed by atoms with Crippen LogP contribution in [0.3, 0.4) is 0 Å². The van der Waals surface area contributed by atoms with Gasteiger partial charge in [-0.2, -0.15) is 5.10 Å². The van der Waals surface area contributed by atoms with Crippen molar-refractivity contribution >= 4 is 22.4 Å². The molecule has 0 aliphatic carbocycles. The number of thiazole rings is 1. The maximum atomic E-state index is 12.5. The van der Waals surface area contributed by atoms with Crippen molar-refractivity contribution in [2.45, 2.75) is 26.3 Å². The van der Waals surface area contributed by atoms with E-state index in [9.17, 15) is 4.79 Å². The van der Waals surface area contributed by atoms with Crippen LogP contribution < -0.4 is 5.32 Å². The summed E-state index contributed by atoms with van der Waals surface area (Å²) >= 11 is 1.48. The van der Waals surface area contributed by atoms with Crippen molar-refractivity contribution in [3.05, 3.63) is 59.4 Å². The number of rotatable bonds is 5. The third kappa shape index (κ3) is 4.43. The number of carbonyl (C=O) groups excluding carboxylic acids is 1. The Balaban J connectivity index is 1.35. The third-order valence-electron chi connectivity index (χ3n) is 4.93. The van der Waals surface area contributed by atoms with Gasteiger partial charge < -0.3 is 0 Å². The molecular weight excluding hydrogens is 358 g/mol. The number of nitrogens with zero attached hydrogens (tertiary/aromatic N) is 4. The molecule has 0 bridgehead atoms. The lowest BCUT2D eigenvalue weighted by atomic mass is 9.99. The van der Waals surface area contributed by atoms with Gasteiger partial charge in [0.05, 0.1) is 11.4 Å². The number of carbonyl (C=O) groups is 1. The van der Waals surface area contributed by atoms with Gasteiger partial charge in [0.15, 0.2) is 5.13 Å². The Morgan fingerprint density at radius 2 is 2.04 bits per heavy atom. The molecule has 6 nitrogen and oxygen atoms in total. The summed E-state index contributed by atoms with van der Waals surface area (Å²) in [6.07, 6.45) is 6.10. The molecule has 1 aliphatic rings. The van der Waals surface area contributed by atoms with E-state index in [4.69, 9.17) is 0 Å². The highest BCUT2D eigenvalue weighted by atomic mass is 32.1. The summed E-state index contributed by atoms with van der Waals surface area (Å²) in [6.45, 7) is 5.43. The van der Waals surface area contributed by atoms with Crippen LogP contribution in [0.25, 0.3) is 5.69 Å². The van der Waals surface area contributed by atoms with Crippen molar-refractivity contribution in [1.82, 2.24) is 19.7 Å². The molecular formula is C20H23N5OS. The lowest BCUT2D eigenvalue weighted by Gasteiger charge is -2.29. The van der Waals surface area contributed by atoms with Crippen LogP contribution in [0.2, 0.25) is 0 Å². The summed E-state index contributed by atoms with van der Waals surface area (Å²) in [4.78, 5) is 19.5. The molecule has 0 atom stereocenters. The highest BCUT2D eigenvalue weighted by Crippen LogP contribution is 2.21. The van der Waals surface area contributed by atoms with Crippen LogP contribution in [0.5, 0.6) is 0 Å². The number of hydrogen-bond donors (Lipinski definition) is 1. The lowest BCUT2D eigenvalue weighted by molar-refractivity contribution is 0.102. The average molecular weight is 382 g/mol. The van der Waals surface area contributed by atoms with E-state index in [-0.39, 0.29) is 5.91 Å². The maximum Gasteiger partial charge on any atom is 0.257 e. The van der Waals surface area contributed by atoms with E-state index in [2.05, 4.69) is 27.2 Å². The third-order valence-corrected chi connectivity index (χ3v) is 5.74. The van der Waals surface area contributed by atoms with Gasteiger partial charge in [0.25, 0.3) is 5.91 Å². The maximum absolute atomic E-state index is 12.5. The van der Waals surface area contributed by atoms with Crippen molar-refractivity contribution in [1.29, 1.82) is 0 Å². The average Bonchev–Trinajstić information content (AvgIpc) is 3.36. The van der Waals surface area contributed by atoms with Gasteiger partial charge in [-0.15, -0.1) is 11.3 Å². The molecule has 0 spiro atoms. The second kappa shape index (κ2) is 8.02. The van der Waals surface area contributed by atoms with E-state index < -0.39 is 0 Å². The topological polar surface area (TPSA) is 63.1 Å². The Morgan fingerprint density at radius 1 is 1.26 bits per heavy atom. The van der Waals surface area contributed by atoms with Crippen molar-refractivity contribution in [3.8, 4) is 5.69 Å². The molecule has 27 heavy (non-hydrogen) atoms. The molecule has 1 amide bonds. The Morgan fingerprint density at radius 3 is 2.74 bits per heavy atom. The smallest absolute Gasteiger partial charge is 0.257 e. The predicted molar refractivity (Wildman–Crippen MR) is 107 cm³/mol. The largest absolute Gasteiger partial charge is 0.298 e. The number of piperidine rings is 1. The molecule has 1 aliphatic heterocycles. The molecule has 1 fully saturated rings. The van der Waals surface area contributed by atoms with Crippen molar-refractivity contribution in [3.63, 3.8) is 0 Å². The number of benzene rings is 1. The number of hydrogen-bond acceptors (Lipinski definition) is 5. The van der Waals surface area contributed by atoms with Gasteiger partial charge in [-0.25, -0.2) is 9.67 Å². The summed E-state index contributed by atoms with van der Waals surface area (Å²) in [5, 5.41) is 9.78. The molecule has 1 N–H and O–H groups in total. The van der Waals surface area contributed by atoms with E-state index in [0.29, 0.717) is 10.7 Å². The van der Waals surface area contributed by atoms with Gasteiger partial charge >= 0.3 is 0 Å². The highest BCUT2D eigenvalue weighted by molar-refractivity contribution is 7.13. The van der Waals surface area contributed by atoms with Crippen LogP contribution >= 0.6 is 11.3 Å². The van der Waals surface area contributed by atoms with Crippen LogP contribution in [-0.2, 0) is 6.54 Å². The Labute approximate surface area is 162 Å². The van der Waals surface area contributed by atoms with Crippen LogP contribution in [0.1, 0.15) is 35.8 Å². The first-order valence-corrected chi connectivity index (χ1v) is 10.1. The molecule has 2 aromatic heterocycles. The first-order chi connectivity index (χ1) is 13.2. The second-order valence-corrected chi connectivity index (χ2v) is 7.91. The van der Waals surface area contributed by atoms with Crippen molar-refractivity contribution in [2.75, 3.05) is 18.4 Å². The normalized spacial score (nSPS) is 15.7. The molecule has 3 heterocycles. The number of anilines is 1. The second-order valence-electron chi connectivity index (χ2n) is 7.05. The van der Waals surface area contributed by atoms with Gasteiger partial charge in [0.2, 0.25) is 0 Å². The zero-order valence-corrected chi connectivity index (χ0v) is 16.2. The zero-order valence-electron chi connectivity index (χ0n) is 15.3. The van der Waals surface area contributed by atoms with Crippen LogP contribution in [0.15, 0.2) is 48.1 Å². The Bertz CT molecular complexity index is 880. The molecule has 7 heteroatoms. The first kappa shape index (κ1) is 17.9. The number of amides is 1. The molecule has 3 aromatic rings. The fourth-order valence-electron chi connectivity index (χ4n) is 3.24. The van der Waals surface area contributed by atoms with Crippen molar-refractivity contribution < 1.29 is 4.79 Å². The van der Waals surface area contributed by atoms with E-state index in [0.717, 1.165) is 36.9 Å². The molecule has 4 rings (SSSR count). The number of nitrogens with one attached hydrogen (secondary N) is 1. The van der Waals surface area contributed by atoms with E-state index in [1.165, 1.54) is 24.2 Å². The standard InChI is InChI=1S/C20H23N5OS/c1-15-7-11-24(12-8-15)13-17-14-27-20(22-17)23-19(26)16-3-5-18(6-4-16)25-10-2-9-21-25/h2-6,9-10,14-15H,7-8,11-13H2,1H3,(H,22,23,26). The minimum Gasteiger partial charge on any atom is -0.298 e. The quantitative estimate of drug-likeness (QED) is 0.730. The summed E-state index contributed by atoms with van der Waals surface area (Å²) in [7, 11) is 0. The van der Waals surface area contributed by atoms with Gasteiger partial charge in [0, 0.05) is 29.9 Å². The fourth-order valence-corrected chi connectivity index (χ4v) is 3.94. The summed E-state index contributed by atoms with van der Waals surface area (Å²) < 4.78 is 1.76. The van der Waals surface area contributed by atoms with E-state index in [1.54, 1.807) is 23.0 Å². The Kier molecular flexibility index (Phi) is 5.31. The molecule has 1 aromatic carbocycles. The summed E-state index contributed by atoms with van der Waals surface area (Å²) in [6, 6.07) is 9.23. The predicted octanol–water partition coefficient (Wildman–Crippen LogP) is 3.81. The van der Waals surface area contributed by atoms with Gasteiger partial charge in [-0.05, 0) is 62.2 Å². The molecule has 1 saturated heterocycles. The van der Waals surface area contributed by atoms with E-state index >= 15 is 0 Å². The monoisotopic (exact) mass is 381 g/mol. The minimum absolute atomic E-state index is 0.144. The van der Waals surface area contributed by atoms with E-state index in [1.807, 2.05) is 29.8 Å². The number of aromatic nitrogens is 3. The van der Waals surface area contributed by atoms with Crippen molar-refractivity contribution in [2.24, 2.45) is 5.92 Å².